The van der Waals surface area contributed by atoms with Crippen LogP contribution >= 0.6 is 0 Å². The standard InChI is InChI=1S/C20H23NO5/c1-23-16-9-14(10-17(12-16)24-2)4-6-20(22)21-13-15-3-5-18-19(11-15)26-8-7-25-18/h3,5,9-12H,4,6-8,13H2,1-2H3,(H,21,22). The van der Waals surface area contributed by atoms with Gasteiger partial charge in [-0.2, -0.15) is 0 Å². The van der Waals surface area contributed by atoms with Crippen molar-refractivity contribution in [3.8, 4) is 23.0 Å². The van der Waals surface area contributed by atoms with Crippen LogP contribution in [0.3, 0.4) is 0 Å². The highest BCUT2D eigenvalue weighted by Crippen LogP contribution is 2.30. The van der Waals surface area contributed by atoms with Gasteiger partial charge in [0.25, 0.3) is 0 Å². The van der Waals surface area contributed by atoms with E-state index in [-0.39, 0.29) is 5.91 Å². The Labute approximate surface area is 153 Å². The summed E-state index contributed by atoms with van der Waals surface area (Å²) in [5.41, 5.74) is 1.97. The van der Waals surface area contributed by atoms with E-state index in [2.05, 4.69) is 5.32 Å². The number of aryl methyl sites for hydroxylation is 1. The number of carbonyl (C=O) groups is 1. The highest BCUT2D eigenvalue weighted by Gasteiger charge is 2.12. The lowest BCUT2D eigenvalue weighted by molar-refractivity contribution is -0.121. The van der Waals surface area contributed by atoms with Gasteiger partial charge in [-0.3, -0.25) is 4.79 Å². The third-order valence-corrected chi connectivity index (χ3v) is 4.15. The molecule has 138 valence electrons. The molecule has 2 aromatic rings. The summed E-state index contributed by atoms with van der Waals surface area (Å²) in [6.45, 7) is 1.57. The lowest BCUT2D eigenvalue weighted by Crippen LogP contribution is -2.23. The van der Waals surface area contributed by atoms with Gasteiger partial charge in [0.2, 0.25) is 5.91 Å². The van der Waals surface area contributed by atoms with E-state index in [1.807, 2.05) is 36.4 Å². The van der Waals surface area contributed by atoms with Gasteiger partial charge in [-0.25, -0.2) is 0 Å². The Morgan fingerprint density at radius 3 is 2.35 bits per heavy atom. The van der Waals surface area contributed by atoms with E-state index in [1.165, 1.54) is 0 Å². The Morgan fingerprint density at radius 1 is 0.962 bits per heavy atom. The minimum Gasteiger partial charge on any atom is -0.497 e. The molecule has 1 aliphatic rings. The maximum Gasteiger partial charge on any atom is 0.220 e. The fourth-order valence-corrected chi connectivity index (χ4v) is 2.76. The van der Waals surface area contributed by atoms with Crippen LogP contribution in [0.4, 0.5) is 0 Å². The minimum absolute atomic E-state index is 0.0123. The van der Waals surface area contributed by atoms with Gasteiger partial charge in [-0.05, 0) is 41.8 Å². The molecule has 0 saturated heterocycles. The first kappa shape index (κ1) is 17.9. The van der Waals surface area contributed by atoms with Gasteiger partial charge in [0.15, 0.2) is 11.5 Å². The van der Waals surface area contributed by atoms with E-state index < -0.39 is 0 Å². The van der Waals surface area contributed by atoms with Gasteiger partial charge < -0.3 is 24.3 Å². The first-order valence-corrected chi connectivity index (χ1v) is 8.55. The van der Waals surface area contributed by atoms with Crippen molar-refractivity contribution in [1.29, 1.82) is 0 Å². The Kier molecular flexibility index (Phi) is 5.84. The first-order chi connectivity index (χ1) is 12.7. The number of nitrogens with one attached hydrogen (secondary N) is 1. The van der Waals surface area contributed by atoms with Crippen molar-refractivity contribution in [2.45, 2.75) is 19.4 Å². The Balaban J connectivity index is 1.52. The van der Waals surface area contributed by atoms with Crippen molar-refractivity contribution in [3.63, 3.8) is 0 Å². The molecule has 0 bridgehead atoms. The smallest absolute Gasteiger partial charge is 0.220 e. The van der Waals surface area contributed by atoms with E-state index in [0.717, 1.165) is 34.1 Å². The van der Waals surface area contributed by atoms with Crippen LogP contribution < -0.4 is 24.3 Å². The Hall–Kier alpha value is -2.89. The zero-order valence-electron chi connectivity index (χ0n) is 15.0. The van der Waals surface area contributed by atoms with Crippen molar-refractivity contribution in [2.75, 3.05) is 27.4 Å². The predicted octanol–water partition coefficient (Wildman–Crippen LogP) is 2.72. The van der Waals surface area contributed by atoms with Crippen LogP contribution in [0.2, 0.25) is 0 Å². The molecule has 0 saturated carbocycles. The van der Waals surface area contributed by atoms with Gasteiger partial charge in [0, 0.05) is 19.0 Å². The zero-order chi connectivity index (χ0) is 18.4. The largest absolute Gasteiger partial charge is 0.497 e. The van der Waals surface area contributed by atoms with Crippen LogP contribution in [-0.4, -0.2) is 33.3 Å². The molecule has 1 heterocycles. The second-order valence-corrected chi connectivity index (χ2v) is 5.98. The van der Waals surface area contributed by atoms with Crippen molar-refractivity contribution < 1.29 is 23.7 Å². The fraction of sp³-hybridized carbons (Fsp3) is 0.350. The normalized spacial score (nSPS) is 12.4. The molecule has 6 nitrogen and oxygen atoms in total. The zero-order valence-corrected chi connectivity index (χ0v) is 15.0. The maximum absolute atomic E-state index is 12.2. The van der Waals surface area contributed by atoms with E-state index in [4.69, 9.17) is 18.9 Å². The Morgan fingerprint density at radius 2 is 1.65 bits per heavy atom. The molecule has 0 fully saturated rings. The number of hydrogen-bond donors (Lipinski definition) is 1. The summed E-state index contributed by atoms with van der Waals surface area (Å²) in [6.07, 6.45) is 1.00. The fourth-order valence-electron chi connectivity index (χ4n) is 2.76. The van der Waals surface area contributed by atoms with Gasteiger partial charge in [0.05, 0.1) is 14.2 Å². The van der Waals surface area contributed by atoms with Crippen molar-refractivity contribution >= 4 is 5.91 Å². The summed E-state index contributed by atoms with van der Waals surface area (Å²) < 4.78 is 21.6. The second kappa shape index (κ2) is 8.47. The number of methoxy groups -OCH3 is 2. The summed E-state index contributed by atoms with van der Waals surface area (Å²) in [7, 11) is 3.22. The molecule has 3 rings (SSSR count). The SMILES string of the molecule is COc1cc(CCC(=O)NCc2ccc3c(c2)OCCO3)cc(OC)c1. The van der Waals surface area contributed by atoms with Crippen molar-refractivity contribution in [2.24, 2.45) is 0 Å². The number of fused-ring (bicyclic) bond motifs is 1. The van der Waals surface area contributed by atoms with E-state index in [9.17, 15) is 4.79 Å². The number of amides is 1. The number of hydrogen-bond acceptors (Lipinski definition) is 5. The van der Waals surface area contributed by atoms with Gasteiger partial charge in [0.1, 0.15) is 24.7 Å². The molecular weight excluding hydrogens is 334 g/mol. The van der Waals surface area contributed by atoms with Gasteiger partial charge in [-0.15, -0.1) is 0 Å². The monoisotopic (exact) mass is 357 g/mol. The predicted molar refractivity (Wildman–Crippen MR) is 97.1 cm³/mol. The third-order valence-electron chi connectivity index (χ3n) is 4.15. The quantitative estimate of drug-likeness (QED) is 0.825. The number of benzene rings is 2. The molecule has 6 heteroatoms. The molecule has 1 N–H and O–H groups in total. The lowest BCUT2D eigenvalue weighted by atomic mass is 10.1. The lowest BCUT2D eigenvalue weighted by Gasteiger charge is -2.19. The number of ether oxygens (including phenoxy) is 4. The van der Waals surface area contributed by atoms with Crippen LogP contribution in [0.15, 0.2) is 36.4 Å². The topological polar surface area (TPSA) is 66.0 Å². The minimum atomic E-state index is -0.0123. The molecular formula is C20H23NO5. The first-order valence-electron chi connectivity index (χ1n) is 8.55. The summed E-state index contributed by atoms with van der Waals surface area (Å²) in [4.78, 5) is 12.2. The van der Waals surface area contributed by atoms with Gasteiger partial charge >= 0.3 is 0 Å². The highest BCUT2D eigenvalue weighted by molar-refractivity contribution is 5.76. The Bertz CT molecular complexity index is 753. The summed E-state index contributed by atoms with van der Waals surface area (Å²) in [5.74, 6) is 2.90. The van der Waals surface area contributed by atoms with Crippen molar-refractivity contribution in [3.05, 3.63) is 47.5 Å². The molecule has 1 aliphatic heterocycles. The van der Waals surface area contributed by atoms with Crippen molar-refractivity contribution in [1.82, 2.24) is 5.32 Å². The van der Waals surface area contributed by atoms with Crippen LogP contribution in [0, 0.1) is 0 Å². The summed E-state index contributed by atoms with van der Waals surface area (Å²) in [5, 5.41) is 2.94. The van der Waals surface area contributed by atoms with Crippen LogP contribution in [0.1, 0.15) is 17.5 Å². The van der Waals surface area contributed by atoms with Gasteiger partial charge in [-0.1, -0.05) is 6.07 Å². The average Bonchev–Trinajstić information content (AvgIpc) is 2.70. The third kappa shape index (κ3) is 4.59. The second-order valence-electron chi connectivity index (χ2n) is 5.98. The summed E-state index contributed by atoms with van der Waals surface area (Å²) in [6, 6.07) is 11.3. The molecule has 2 aromatic carbocycles. The molecule has 0 radical (unpaired) electrons. The molecule has 26 heavy (non-hydrogen) atoms. The maximum atomic E-state index is 12.2. The molecule has 0 unspecified atom stereocenters. The number of rotatable bonds is 7. The van der Waals surface area contributed by atoms with Crippen LogP contribution in [0.5, 0.6) is 23.0 Å². The molecule has 0 aliphatic carbocycles. The van der Waals surface area contributed by atoms with Crippen LogP contribution in [0.25, 0.3) is 0 Å². The summed E-state index contributed by atoms with van der Waals surface area (Å²) >= 11 is 0. The molecule has 0 aromatic heterocycles. The highest BCUT2D eigenvalue weighted by atomic mass is 16.6. The average molecular weight is 357 g/mol. The number of carbonyl (C=O) groups excluding carboxylic acids is 1. The molecule has 1 amide bonds. The van der Waals surface area contributed by atoms with E-state index in [1.54, 1.807) is 14.2 Å². The molecule has 0 atom stereocenters. The van der Waals surface area contributed by atoms with E-state index in [0.29, 0.717) is 32.6 Å². The molecule has 0 spiro atoms. The van der Waals surface area contributed by atoms with E-state index >= 15 is 0 Å². The van der Waals surface area contributed by atoms with Crippen LogP contribution in [-0.2, 0) is 17.8 Å².